The van der Waals surface area contributed by atoms with E-state index in [2.05, 4.69) is 21.0 Å². The topological polar surface area (TPSA) is 327 Å². The summed E-state index contributed by atoms with van der Waals surface area (Å²) in [6.07, 6.45) is -0.0263. The maximum atomic E-state index is 13.1. The van der Waals surface area contributed by atoms with Gasteiger partial charge in [-0.2, -0.15) is 4.37 Å². The number of rotatable bonds is 35. The SMILES string of the molecule is CCCCCC[C@@H](O)CC[C@H]1[C@H](C/C=C\CCCC(=O)OC(=O)CCC(=O)OC(C)C(=O)OC(C)C(=O)OC(C)C(=O)OC(C)C(=O)OC(C)C(=O)OC(CNC(C)(C)C)COc2nsnc2N2CCOCC2)[C@H](OC(C)=O)C[C@@H]1O. The Hall–Kier alpha value is -5.83. The van der Waals surface area contributed by atoms with E-state index in [4.69, 9.17) is 47.4 Å². The van der Waals surface area contributed by atoms with Crippen LogP contribution in [-0.4, -0.2) is 173 Å². The summed E-state index contributed by atoms with van der Waals surface area (Å²) in [5.41, 5.74) is -0.359. The van der Waals surface area contributed by atoms with E-state index in [9.17, 15) is 53.4 Å². The standard InChI is InChI=1S/C55H86N4O21S/c1-11-12-13-16-19-39(61)22-23-41-42(44(30-43(41)62)78-38(7)60)20-17-14-15-18-21-45(63)80-47(65)25-24-46(64)73-33(2)50(66)74-34(3)51(67)75-35(4)52(68)76-36(5)53(69)77-37(6)54(70)79-40(31-56-55(8,9)10)32-72-49-48(57-81-58-49)59-26-28-71-29-27-59/h14,17,33-37,39-44,56,61-62H,11-13,15-16,18-32H2,1-10H3/b17-14-/t33?,34?,35?,36?,37?,39-,40?,41+,42+,43+,44-/m1/s1. The summed E-state index contributed by atoms with van der Waals surface area (Å²) in [6, 6.07) is 0. The maximum Gasteiger partial charge on any atom is 0.347 e. The van der Waals surface area contributed by atoms with Gasteiger partial charge in [0.2, 0.25) is 5.82 Å². The lowest BCUT2D eigenvalue weighted by Crippen LogP contribution is -2.45. The Morgan fingerprint density at radius 1 is 0.716 bits per heavy atom. The summed E-state index contributed by atoms with van der Waals surface area (Å²) in [4.78, 5) is 115. The molecule has 1 saturated carbocycles. The van der Waals surface area contributed by atoms with Crippen molar-refractivity contribution < 1.29 is 101 Å². The number of aliphatic hydroxyl groups excluding tert-OH is 2. The highest BCUT2D eigenvalue weighted by Gasteiger charge is 2.43. The van der Waals surface area contributed by atoms with Gasteiger partial charge in [-0.05, 0) is 99.8 Å². The zero-order valence-electron chi connectivity index (χ0n) is 48.5. The lowest BCUT2D eigenvalue weighted by Gasteiger charge is -2.28. The van der Waals surface area contributed by atoms with Crippen LogP contribution in [0.2, 0.25) is 0 Å². The Labute approximate surface area is 478 Å². The third kappa shape index (κ3) is 26.8. The van der Waals surface area contributed by atoms with Gasteiger partial charge < -0.3 is 67.8 Å². The van der Waals surface area contributed by atoms with E-state index in [1.165, 1.54) is 20.8 Å². The molecule has 6 unspecified atom stereocenters. The van der Waals surface area contributed by atoms with Gasteiger partial charge >= 0.3 is 53.7 Å². The minimum Gasteiger partial charge on any atom is -0.470 e. The largest absolute Gasteiger partial charge is 0.470 e. The van der Waals surface area contributed by atoms with E-state index >= 15 is 0 Å². The number of nitrogens with one attached hydrogen (secondary N) is 1. The Morgan fingerprint density at radius 3 is 1.84 bits per heavy atom. The third-order valence-electron chi connectivity index (χ3n) is 13.1. The Bertz CT molecular complexity index is 2210. The predicted octanol–water partition coefficient (Wildman–Crippen LogP) is 4.72. The van der Waals surface area contributed by atoms with Gasteiger partial charge in [-0.25, -0.2) is 24.0 Å². The van der Waals surface area contributed by atoms with Crippen LogP contribution in [0.15, 0.2) is 12.2 Å². The second-order valence-electron chi connectivity index (χ2n) is 21.2. The quantitative estimate of drug-likeness (QED) is 0.0272. The molecule has 2 heterocycles. The Kier molecular flexibility index (Phi) is 30.8. The molecular formula is C55H86N4O21S. The van der Waals surface area contributed by atoms with Crippen LogP contribution in [0, 0.1) is 11.8 Å². The number of carbonyl (C=O) groups is 9. The molecule has 2 fully saturated rings. The van der Waals surface area contributed by atoms with E-state index in [1.54, 1.807) is 0 Å². The molecule has 1 aliphatic carbocycles. The molecule has 81 heavy (non-hydrogen) atoms. The Morgan fingerprint density at radius 2 is 1.27 bits per heavy atom. The third-order valence-corrected chi connectivity index (χ3v) is 13.6. The highest BCUT2D eigenvalue weighted by molar-refractivity contribution is 6.99. The number of allylic oxidation sites excluding steroid dienone is 2. The smallest absolute Gasteiger partial charge is 0.347 e. The van der Waals surface area contributed by atoms with Crippen molar-refractivity contribution >= 4 is 71.3 Å². The van der Waals surface area contributed by atoms with Crippen LogP contribution < -0.4 is 15.0 Å². The second kappa shape index (κ2) is 35.9. The molecule has 1 aromatic heterocycles. The highest BCUT2D eigenvalue weighted by atomic mass is 32.1. The lowest BCUT2D eigenvalue weighted by molar-refractivity contribution is -0.187. The normalized spacial score (nSPS) is 19.9. The number of hydrogen-bond donors (Lipinski definition) is 3. The van der Waals surface area contributed by atoms with E-state index in [0.29, 0.717) is 77.1 Å². The molecule has 458 valence electrons. The zero-order valence-corrected chi connectivity index (χ0v) is 49.4. The van der Waals surface area contributed by atoms with Gasteiger partial charge in [-0.15, -0.1) is 4.37 Å². The van der Waals surface area contributed by atoms with Crippen molar-refractivity contribution in [2.75, 3.05) is 44.4 Å². The number of aliphatic hydroxyl groups is 2. The summed E-state index contributed by atoms with van der Waals surface area (Å²) < 4.78 is 61.3. The van der Waals surface area contributed by atoms with Crippen molar-refractivity contribution in [2.45, 2.75) is 220 Å². The molecule has 0 spiro atoms. The van der Waals surface area contributed by atoms with Crippen molar-refractivity contribution in [3.8, 4) is 5.88 Å². The van der Waals surface area contributed by atoms with E-state index in [1.807, 2.05) is 37.8 Å². The average molecular weight is 1170 g/mol. The number of hydrogen-bond acceptors (Lipinski definition) is 26. The van der Waals surface area contributed by atoms with Crippen molar-refractivity contribution in [1.29, 1.82) is 0 Å². The molecule has 0 bridgehead atoms. The van der Waals surface area contributed by atoms with Crippen molar-refractivity contribution in [2.24, 2.45) is 11.8 Å². The van der Waals surface area contributed by atoms with Crippen LogP contribution in [0.4, 0.5) is 5.82 Å². The van der Waals surface area contributed by atoms with Crippen LogP contribution in [0.25, 0.3) is 0 Å². The van der Waals surface area contributed by atoms with Crippen LogP contribution in [-0.2, 0) is 85.8 Å². The molecule has 3 rings (SSSR count). The minimum atomic E-state index is -1.62. The first-order chi connectivity index (χ1) is 38.3. The molecule has 0 radical (unpaired) electrons. The fourth-order valence-corrected chi connectivity index (χ4v) is 9.05. The molecule has 2 aliphatic rings. The molecule has 11 atom stereocenters. The number of anilines is 1. The number of aromatic nitrogens is 2. The van der Waals surface area contributed by atoms with Crippen LogP contribution >= 0.6 is 11.7 Å². The molecule has 1 aliphatic heterocycles. The number of ether oxygens (including phenoxy) is 10. The van der Waals surface area contributed by atoms with Crippen LogP contribution in [0.3, 0.4) is 0 Å². The number of morpholine rings is 1. The van der Waals surface area contributed by atoms with Crippen LogP contribution in [0.1, 0.15) is 159 Å². The van der Waals surface area contributed by atoms with E-state index < -0.39 is 122 Å². The van der Waals surface area contributed by atoms with Gasteiger partial charge in [-0.3, -0.25) is 19.2 Å². The average Bonchev–Trinajstić information content (AvgIpc) is 4.03. The molecule has 3 N–H and O–H groups in total. The van der Waals surface area contributed by atoms with Gasteiger partial charge in [-0.1, -0.05) is 44.8 Å². The first-order valence-electron chi connectivity index (χ1n) is 27.9. The van der Waals surface area contributed by atoms with E-state index in [-0.39, 0.29) is 42.8 Å². The minimum absolute atomic E-state index is 0.103. The molecule has 0 amide bonds. The second-order valence-corrected chi connectivity index (χ2v) is 21.8. The summed E-state index contributed by atoms with van der Waals surface area (Å²) in [5.74, 6) is -8.35. The summed E-state index contributed by atoms with van der Waals surface area (Å²) in [6.45, 7) is 17.3. The number of unbranched alkanes of at least 4 members (excludes halogenated alkanes) is 4. The van der Waals surface area contributed by atoms with Gasteiger partial charge in [0.15, 0.2) is 30.5 Å². The molecule has 1 saturated heterocycles. The summed E-state index contributed by atoms with van der Waals surface area (Å²) in [5, 5.41) is 24.6. The molecule has 0 aromatic carbocycles. The van der Waals surface area contributed by atoms with Crippen molar-refractivity contribution in [3.63, 3.8) is 0 Å². The lowest BCUT2D eigenvalue weighted by atomic mass is 9.85. The fraction of sp³-hybridized carbons (Fsp3) is 0.764. The number of esters is 9. The van der Waals surface area contributed by atoms with Crippen LogP contribution in [0.5, 0.6) is 5.88 Å². The van der Waals surface area contributed by atoms with Gasteiger partial charge in [0.05, 0.1) is 50.0 Å². The maximum absolute atomic E-state index is 13.1. The molecule has 25 nitrogen and oxygen atoms in total. The summed E-state index contributed by atoms with van der Waals surface area (Å²) >= 11 is 0.972. The molecule has 26 heteroatoms. The summed E-state index contributed by atoms with van der Waals surface area (Å²) in [7, 11) is 0. The van der Waals surface area contributed by atoms with Gasteiger partial charge in [0.25, 0.3) is 5.88 Å². The van der Waals surface area contributed by atoms with Gasteiger partial charge in [0, 0.05) is 50.9 Å². The zero-order chi connectivity index (χ0) is 60.2. The monoisotopic (exact) mass is 1170 g/mol. The molecular weight excluding hydrogens is 1080 g/mol. The number of carbonyl (C=O) groups excluding carboxylic acids is 9. The predicted molar refractivity (Wildman–Crippen MR) is 289 cm³/mol. The fourth-order valence-electron chi connectivity index (χ4n) is 8.53. The molecule has 1 aromatic rings. The highest BCUT2D eigenvalue weighted by Crippen LogP contribution is 2.40. The van der Waals surface area contributed by atoms with E-state index in [0.717, 1.165) is 58.2 Å². The first-order valence-corrected chi connectivity index (χ1v) is 28.7. The van der Waals surface area contributed by atoms with Crippen molar-refractivity contribution in [1.82, 2.24) is 14.1 Å². The number of nitrogens with zero attached hydrogens (tertiary/aromatic N) is 3. The van der Waals surface area contributed by atoms with Crippen molar-refractivity contribution in [3.05, 3.63) is 12.2 Å². The first kappa shape index (κ1) is 69.4. The Balaban J connectivity index is 1.34. The van der Waals surface area contributed by atoms with Gasteiger partial charge in [0.1, 0.15) is 18.8 Å².